The summed E-state index contributed by atoms with van der Waals surface area (Å²) in [6.07, 6.45) is 0. The number of benzene rings is 2. The Kier molecular flexibility index (Phi) is 2.39. The summed E-state index contributed by atoms with van der Waals surface area (Å²) in [5.74, 6) is 0. The molecule has 0 aliphatic carbocycles. The topological polar surface area (TPSA) is 57.5 Å². The van der Waals surface area contributed by atoms with Crippen molar-refractivity contribution in [1.82, 2.24) is 0 Å². The molecule has 2 rings (SSSR count). The Morgan fingerprint density at radius 2 is 1.57 bits per heavy atom. The summed E-state index contributed by atoms with van der Waals surface area (Å²) >= 11 is -5.01. The Morgan fingerprint density at radius 1 is 0.929 bits per heavy atom. The van der Waals surface area contributed by atoms with Crippen molar-refractivity contribution >= 4 is 33.9 Å². The van der Waals surface area contributed by atoms with E-state index >= 15 is 0 Å². The summed E-state index contributed by atoms with van der Waals surface area (Å²) in [6.45, 7) is 0. The molecule has 2 aromatic rings. The molecule has 2 aromatic carbocycles. The zero-order chi connectivity index (χ0) is 10.2. The molecule has 0 aliphatic rings. The molecule has 0 aromatic heterocycles. The molecule has 0 bridgehead atoms. The van der Waals surface area contributed by atoms with E-state index < -0.39 is 19.6 Å². The van der Waals surface area contributed by atoms with Crippen LogP contribution in [0.15, 0.2) is 42.5 Å². The van der Waals surface area contributed by atoms with Gasteiger partial charge in [-0.2, -0.15) is 0 Å². The van der Waals surface area contributed by atoms with Crippen LogP contribution in [-0.2, 0) is 3.02 Å². The van der Waals surface area contributed by atoms with E-state index in [1.54, 1.807) is 12.1 Å². The van der Waals surface area contributed by atoms with Crippen LogP contribution in [0.4, 0.5) is 0 Å². The molecular formula is C10H9O3Sb. The van der Waals surface area contributed by atoms with Crippen molar-refractivity contribution in [2.24, 2.45) is 0 Å². The predicted octanol–water partition coefficient (Wildman–Crippen LogP) is 0.401. The minimum absolute atomic E-state index is 0.155. The summed E-state index contributed by atoms with van der Waals surface area (Å²) in [7, 11) is 0. The molecule has 0 unspecified atom stereocenters. The van der Waals surface area contributed by atoms with Gasteiger partial charge < -0.3 is 0 Å². The average Bonchev–Trinajstić information content (AvgIpc) is 2.16. The van der Waals surface area contributed by atoms with E-state index in [0.717, 1.165) is 10.8 Å². The maximum atomic E-state index is 11.1. The molecule has 0 spiro atoms. The van der Waals surface area contributed by atoms with Crippen LogP contribution >= 0.6 is 0 Å². The van der Waals surface area contributed by atoms with Crippen LogP contribution in [0, 0.1) is 0 Å². The fourth-order valence-electron chi connectivity index (χ4n) is 1.36. The molecule has 0 saturated carbocycles. The molecule has 0 aliphatic heterocycles. The molecule has 0 amide bonds. The maximum absolute atomic E-state index is 11.1. The second-order valence-electron chi connectivity index (χ2n) is 3.08. The summed E-state index contributed by atoms with van der Waals surface area (Å²) in [5, 5.41) is 1.85. The van der Waals surface area contributed by atoms with Crippen molar-refractivity contribution in [3.8, 4) is 0 Å². The fourth-order valence-corrected chi connectivity index (χ4v) is 3.00. The monoisotopic (exact) mass is 298 g/mol. The van der Waals surface area contributed by atoms with Crippen LogP contribution in [0.3, 0.4) is 0 Å². The zero-order valence-corrected chi connectivity index (χ0v) is 9.84. The van der Waals surface area contributed by atoms with Gasteiger partial charge in [-0.25, -0.2) is 0 Å². The van der Waals surface area contributed by atoms with Gasteiger partial charge >= 0.3 is 86.2 Å². The molecule has 0 atom stereocenters. The molecule has 2 N–H and O–H groups in total. The number of hydrogen-bond donors (Lipinski definition) is 2. The van der Waals surface area contributed by atoms with Gasteiger partial charge in [0.05, 0.1) is 0 Å². The molecule has 0 heterocycles. The van der Waals surface area contributed by atoms with Crippen molar-refractivity contribution in [1.29, 1.82) is 0 Å². The summed E-state index contributed by atoms with van der Waals surface area (Å²) in [4.78, 5) is 0. The van der Waals surface area contributed by atoms with E-state index in [1.807, 2.05) is 24.3 Å². The van der Waals surface area contributed by atoms with Gasteiger partial charge in [0.2, 0.25) is 0 Å². The van der Waals surface area contributed by atoms with Gasteiger partial charge in [0.1, 0.15) is 0 Å². The van der Waals surface area contributed by atoms with E-state index in [9.17, 15) is 3.02 Å². The van der Waals surface area contributed by atoms with Gasteiger partial charge in [0.15, 0.2) is 0 Å². The molecule has 72 valence electrons. The van der Waals surface area contributed by atoms with Crippen LogP contribution in [0.25, 0.3) is 10.8 Å². The first kappa shape index (κ1) is 9.78. The fraction of sp³-hybridized carbons (Fsp3) is 0. The van der Waals surface area contributed by atoms with Crippen LogP contribution in [0.2, 0.25) is 0 Å². The first-order valence-electron chi connectivity index (χ1n) is 4.12. The quantitative estimate of drug-likeness (QED) is 0.750. The minimum atomic E-state index is -5.01. The molecule has 14 heavy (non-hydrogen) atoms. The van der Waals surface area contributed by atoms with Gasteiger partial charge in [0.25, 0.3) is 0 Å². The van der Waals surface area contributed by atoms with Crippen molar-refractivity contribution in [3.05, 3.63) is 42.5 Å². The number of fused-ring (bicyclic) bond motifs is 1. The van der Waals surface area contributed by atoms with E-state index in [-0.39, 0.29) is 3.51 Å². The first-order chi connectivity index (χ1) is 6.57. The standard InChI is InChI=1S/C10H7.2H2O.O.Sb/c1-2-6-10-8-4-3-7-9(10)5-1;;;;/h1-3,5-8H;2*1H2;;/q;;;;+2/p-2. The molecule has 4 heteroatoms. The Labute approximate surface area is 86.1 Å². The van der Waals surface area contributed by atoms with Crippen molar-refractivity contribution in [2.75, 3.05) is 0 Å². The van der Waals surface area contributed by atoms with Gasteiger partial charge in [0, 0.05) is 0 Å². The van der Waals surface area contributed by atoms with Crippen LogP contribution in [0.5, 0.6) is 0 Å². The Hall–Kier alpha value is -0.762. The van der Waals surface area contributed by atoms with Crippen LogP contribution < -0.4 is 3.51 Å². The second-order valence-corrected chi connectivity index (χ2v) is 7.65. The third kappa shape index (κ3) is 1.85. The zero-order valence-electron chi connectivity index (χ0n) is 7.29. The first-order valence-corrected chi connectivity index (χ1v) is 8.72. The average molecular weight is 299 g/mol. The van der Waals surface area contributed by atoms with Gasteiger partial charge in [-0.3, -0.25) is 0 Å². The third-order valence-corrected chi connectivity index (χ3v) is 4.78. The van der Waals surface area contributed by atoms with Crippen LogP contribution in [0.1, 0.15) is 0 Å². The molecule has 3 nitrogen and oxygen atoms in total. The summed E-state index contributed by atoms with van der Waals surface area (Å²) in [5.41, 5.74) is 0. The second kappa shape index (κ2) is 3.43. The van der Waals surface area contributed by atoms with Crippen molar-refractivity contribution in [2.45, 2.75) is 0 Å². The number of rotatable bonds is 1. The van der Waals surface area contributed by atoms with Gasteiger partial charge in [-0.05, 0) is 0 Å². The van der Waals surface area contributed by atoms with Crippen LogP contribution in [-0.4, -0.2) is 26.4 Å². The predicted molar refractivity (Wildman–Crippen MR) is 54.5 cm³/mol. The van der Waals surface area contributed by atoms with E-state index in [2.05, 4.69) is 0 Å². The summed E-state index contributed by atoms with van der Waals surface area (Å²) < 4.78 is 29.3. The van der Waals surface area contributed by atoms with Gasteiger partial charge in [-0.1, -0.05) is 0 Å². The SMILES string of the molecule is [O]=[Sb]([OH])([OH])[c]1ccc2ccccc2c1. The molecular weight excluding hydrogens is 290 g/mol. The van der Waals surface area contributed by atoms with E-state index in [1.165, 1.54) is 6.07 Å². The molecule has 0 fully saturated rings. The van der Waals surface area contributed by atoms with E-state index in [4.69, 9.17) is 6.77 Å². The third-order valence-electron chi connectivity index (χ3n) is 2.07. The molecule has 0 saturated heterocycles. The Bertz CT molecular complexity index is 516. The normalized spacial score (nSPS) is 11.9. The molecule has 0 radical (unpaired) electrons. The Morgan fingerprint density at radius 3 is 2.21 bits per heavy atom. The van der Waals surface area contributed by atoms with Gasteiger partial charge in [-0.15, -0.1) is 0 Å². The van der Waals surface area contributed by atoms with Crippen molar-refractivity contribution < 1.29 is 9.79 Å². The summed E-state index contributed by atoms with van der Waals surface area (Å²) in [6, 6.07) is 12.3. The Balaban J connectivity index is 2.69. The number of hydrogen-bond acceptors (Lipinski definition) is 1. The van der Waals surface area contributed by atoms with Crippen molar-refractivity contribution in [3.63, 3.8) is 0 Å². The van der Waals surface area contributed by atoms with E-state index in [0.29, 0.717) is 0 Å².